The third-order valence-electron chi connectivity index (χ3n) is 2.83. The molecule has 78 valence electrons. The van der Waals surface area contributed by atoms with E-state index in [1.807, 2.05) is 0 Å². The minimum absolute atomic E-state index is 0.152. The van der Waals surface area contributed by atoms with E-state index in [2.05, 4.69) is 12.2 Å². The highest BCUT2D eigenvalue weighted by Gasteiger charge is 2.24. The zero-order valence-electron chi connectivity index (χ0n) is 8.37. The van der Waals surface area contributed by atoms with Crippen LogP contribution in [0.1, 0.15) is 32.6 Å². The number of hydrogen-bond acceptors (Lipinski definition) is 3. The van der Waals surface area contributed by atoms with Gasteiger partial charge in [0.05, 0.1) is 6.10 Å². The molecule has 13 heavy (non-hydrogen) atoms. The number of rotatable bonds is 5. The first-order chi connectivity index (χ1) is 6.24. The van der Waals surface area contributed by atoms with Crippen molar-refractivity contribution in [3.8, 4) is 0 Å². The minimum atomic E-state index is -0.152. The predicted octanol–water partition coefficient (Wildman–Crippen LogP) is 0.508. The van der Waals surface area contributed by atoms with Crippen molar-refractivity contribution in [1.82, 2.24) is 5.32 Å². The summed E-state index contributed by atoms with van der Waals surface area (Å²) in [7, 11) is 0. The fourth-order valence-electron chi connectivity index (χ4n) is 1.85. The summed E-state index contributed by atoms with van der Waals surface area (Å²) in [6.07, 6.45) is 3.85. The quantitative estimate of drug-likeness (QED) is 0.588. The largest absolute Gasteiger partial charge is 0.396 e. The molecular formula is C10H21NO2. The van der Waals surface area contributed by atoms with Crippen LogP contribution in [-0.4, -0.2) is 35.5 Å². The lowest BCUT2D eigenvalue weighted by molar-refractivity contribution is 0.145. The average molecular weight is 187 g/mol. The van der Waals surface area contributed by atoms with Crippen molar-refractivity contribution in [2.75, 3.05) is 13.2 Å². The molecule has 0 aliphatic heterocycles. The van der Waals surface area contributed by atoms with Crippen LogP contribution in [0.15, 0.2) is 0 Å². The second-order valence-corrected chi connectivity index (χ2v) is 4.13. The molecule has 3 N–H and O–H groups in total. The zero-order valence-corrected chi connectivity index (χ0v) is 8.37. The maximum Gasteiger partial charge on any atom is 0.0693 e. The van der Waals surface area contributed by atoms with Crippen molar-refractivity contribution < 1.29 is 10.2 Å². The smallest absolute Gasteiger partial charge is 0.0693 e. The molecule has 1 unspecified atom stereocenters. The van der Waals surface area contributed by atoms with Crippen molar-refractivity contribution in [2.24, 2.45) is 5.92 Å². The summed E-state index contributed by atoms with van der Waals surface area (Å²) in [6.45, 7) is 3.28. The second-order valence-electron chi connectivity index (χ2n) is 4.13. The summed E-state index contributed by atoms with van der Waals surface area (Å²) in [5, 5.41) is 21.6. The molecular weight excluding hydrogens is 166 g/mol. The van der Waals surface area contributed by atoms with Crippen molar-refractivity contribution in [2.45, 2.75) is 44.8 Å². The van der Waals surface area contributed by atoms with Gasteiger partial charge in [0.2, 0.25) is 0 Å². The van der Waals surface area contributed by atoms with Gasteiger partial charge >= 0.3 is 0 Å². The highest BCUT2D eigenvalue weighted by molar-refractivity contribution is 4.82. The number of nitrogens with one attached hydrogen (secondary N) is 1. The van der Waals surface area contributed by atoms with Crippen molar-refractivity contribution in [3.63, 3.8) is 0 Å². The van der Waals surface area contributed by atoms with E-state index in [1.54, 1.807) is 0 Å². The SMILES string of the molecule is CC(CCO)CN[C@H]1CCC[C@@H]1O. The Morgan fingerprint density at radius 3 is 2.77 bits per heavy atom. The Morgan fingerprint density at radius 2 is 2.23 bits per heavy atom. The van der Waals surface area contributed by atoms with Gasteiger partial charge in [-0.15, -0.1) is 0 Å². The molecule has 1 rings (SSSR count). The maximum atomic E-state index is 9.52. The Labute approximate surface area is 80.2 Å². The van der Waals surface area contributed by atoms with Crippen LogP contribution in [0.25, 0.3) is 0 Å². The Balaban J connectivity index is 2.10. The van der Waals surface area contributed by atoms with Crippen LogP contribution >= 0.6 is 0 Å². The van der Waals surface area contributed by atoms with E-state index >= 15 is 0 Å². The van der Waals surface area contributed by atoms with Crippen molar-refractivity contribution >= 4 is 0 Å². The molecule has 0 aromatic carbocycles. The summed E-state index contributed by atoms with van der Waals surface area (Å²) < 4.78 is 0. The van der Waals surface area contributed by atoms with E-state index in [4.69, 9.17) is 5.11 Å². The predicted molar refractivity (Wildman–Crippen MR) is 52.5 cm³/mol. The molecule has 1 fully saturated rings. The fraction of sp³-hybridized carbons (Fsp3) is 1.00. The van der Waals surface area contributed by atoms with E-state index in [1.165, 1.54) is 0 Å². The minimum Gasteiger partial charge on any atom is -0.396 e. The standard InChI is InChI=1S/C10H21NO2/c1-8(5-6-12)7-11-9-3-2-4-10(9)13/h8-13H,2-7H2,1H3/t8?,9-,10-/m0/s1. The first kappa shape index (κ1) is 11.0. The monoisotopic (exact) mass is 187 g/mol. The van der Waals surface area contributed by atoms with Crippen molar-refractivity contribution in [1.29, 1.82) is 0 Å². The highest BCUT2D eigenvalue weighted by Crippen LogP contribution is 2.18. The van der Waals surface area contributed by atoms with Gasteiger partial charge in [-0.1, -0.05) is 6.92 Å². The summed E-state index contributed by atoms with van der Waals surface area (Å²) in [4.78, 5) is 0. The summed E-state index contributed by atoms with van der Waals surface area (Å²) in [6, 6.07) is 0.293. The maximum absolute atomic E-state index is 9.52. The molecule has 3 heteroatoms. The van der Waals surface area contributed by atoms with Gasteiger partial charge in [0, 0.05) is 12.6 Å². The molecule has 3 nitrogen and oxygen atoms in total. The molecule has 1 aliphatic carbocycles. The molecule has 0 spiro atoms. The van der Waals surface area contributed by atoms with Gasteiger partial charge in [-0.2, -0.15) is 0 Å². The lowest BCUT2D eigenvalue weighted by Gasteiger charge is -2.19. The van der Waals surface area contributed by atoms with E-state index in [0.717, 1.165) is 32.2 Å². The number of aliphatic hydroxyl groups is 2. The molecule has 3 atom stereocenters. The van der Waals surface area contributed by atoms with Gasteiger partial charge in [0.1, 0.15) is 0 Å². The summed E-state index contributed by atoms with van der Waals surface area (Å²) in [5.74, 6) is 0.498. The van der Waals surface area contributed by atoms with Gasteiger partial charge in [-0.3, -0.25) is 0 Å². The Morgan fingerprint density at radius 1 is 1.46 bits per heavy atom. The van der Waals surface area contributed by atoms with Crippen LogP contribution in [0.3, 0.4) is 0 Å². The molecule has 1 aliphatic rings. The third kappa shape index (κ3) is 3.63. The van der Waals surface area contributed by atoms with Gasteiger partial charge in [-0.05, 0) is 38.1 Å². The Bertz CT molecular complexity index is 141. The molecule has 0 aromatic heterocycles. The topological polar surface area (TPSA) is 52.5 Å². The Kier molecular flexibility index (Phi) is 4.70. The molecule has 0 amide bonds. The first-order valence-electron chi connectivity index (χ1n) is 5.26. The normalized spacial score (nSPS) is 30.7. The lowest BCUT2D eigenvalue weighted by atomic mass is 10.1. The lowest BCUT2D eigenvalue weighted by Crippen LogP contribution is -2.38. The van der Waals surface area contributed by atoms with E-state index < -0.39 is 0 Å². The van der Waals surface area contributed by atoms with Gasteiger partial charge in [0.15, 0.2) is 0 Å². The third-order valence-corrected chi connectivity index (χ3v) is 2.83. The first-order valence-corrected chi connectivity index (χ1v) is 5.26. The van der Waals surface area contributed by atoms with Crippen LogP contribution in [0.2, 0.25) is 0 Å². The summed E-state index contributed by atoms with van der Waals surface area (Å²) in [5.41, 5.74) is 0. The molecule has 0 aromatic rings. The Hall–Kier alpha value is -0.120. The second kappa shape index (κ2) is 5.58. The highest BCUT2D eigenvalue weighted by atomic mass is 16.3. The molecule has 0 saturated heterocycles. The van der Waals surface area contributed by atoms with E-state index in [0.29, 0.717) is 12.0 Å². The van der Waals surface area contributed by atoms with Crippen LogP contribution in [-0.2, 0) is 0 Å². The number of hydrogen-bond donors (Lipinski definition) is 3. The molecule has 0 heterocycles. The van der Waals surface area contributed by atoms with E-state index in [9.17, 15) is 5.11 Å². The van der Waals surface area contributed by atoms with Crippen LogP contribution in [0.4, 0.5) is 0 Å². The van der Waals surface area contributed by atoms with E-state index in [-0.39, 0.29) is 12.7 Å². The average Bonchev–Trinajstić information content (AvgIpc) is 2.48. The fourth-order valence-corrected chi connectivity index (χ4v) is 1.85. The summed E-state index contributed by atoms with van der Waals surface area (Å²) >= 11 is 0. The van der Waals surface area contributed by atoms with Crippen molar-refractivity contribution in [3.05, 3.63) is 0 Å². The molecule has 1 saturated carbocycles. The molecule has 0 radical (unpaired) electrons. The molecule has 0 bridgehead atoms. The van der Waals surface area contributed by atoms with Crippen LogP contribution in [0, 0.1) is 5.92 Å². The number of aliphatic hydroxyl groups excluding tert-OH is 2. The van der Waals surface area contributed by atoms with Crippen LogP contribution < -0.4 is 5.32 Å². The van der Waals surface area contributed by atoms with Gasteiger partial charge in [-0.25, -0.2) is 0 Å². The van der Waals surface area contributed by atoms with Crippen LogP contribution in [0.5, 0.6) is 0 Å². The zero-order chi connectivity index (χ0) is 9.68. The van der Waals surface area contributed by atoms with Gasteiger partial charge in [0.25, 0.3) is 0 Å². The van der Waals surface area contributed by atoms with Gasteiger partial charge < -0.3 is 15.5 Å².